The lowest BCUT2D eigenvalue weighted by molar-refractivity contribution is -0.150. The number of hydrogen-bond donors (Lipinski definition) is 0. The number of halogens is 1. The van der Waals surface area contributed by atoms with E-state index in [0.717, 1.165) is 12.8 Å². The van der Waals surface area contributed by atoms with Crippen molar-refractivity contribution >= 4 is 23.4 Å². The Morgan fingerprint density at radius 1 is 1.62 bits per heavy atom. The van der Waals surface area contributed by atoms with E-state index in [4.69, 9.17) is 16.3 Å². The molecule has 0 heterocycles. The van der Waals surface area contributed by atoms with Crippen molar-refractivity contribution in [2.75, 3.05) is 6.61 Å². The highest BCUT2D eigenvalue weighted by molar-refractivity contribution is 6.45. The molecule has 1 aliphatic carbocycles. The van der Waals surface area contributed by atoms with Gasteiger partial charge in [-0.2, -0.15) is 0 Å². The lowest BCUT2D eigenvalue weighted by atomic mass is 9.87. The molecule has 1 fully saturated rings. The van der Waals surface area contributed by atoms with Crippen LogP contribution in [0.2, 0.25) is 0 Å². The molecule has 1 atom stereocenters. The molecule has 13 heavy (non-hydrogen) atoms. The molecule has 0 N–H and O–H groups in total. The van der Waals surface area contributed by atoms with E-state index in [-0.39, 0.29) is 12.4 Å². The highest BCUT2D eigenvalue weighted by Crippen LogP contribution is 2.32. The van der Waals surface area contributed by atoms with E-state index in [2.05, 4.69) is 0 Å². The predicted molar refractivity (Wildman–Crippen MR) is 48.7 cm³/mol. The molecule has 1 saturated carbocycles. The van der Waals surface area contributed by atoms with Crippen molar-refractivity contribution in [2.45, 2.75) is 37.5 Å². The monoisotopic (exact) mass is 204 g/mol. The molecule has 0 radical (unpaired) electrons. The average Bonchev–Trinajstić information content (AvgIpc) is 2.11. The van der Waals surface area contributed by atoms with Crippen molar-refractivity contribution < 1.29 is 14.3 Å². The van der Waals surface area contributed by atoms with Crippen molar-refractivity contribution in [1.29, 1.82) is 0 Å². The number of ketones is 1. The summed E-state index contributed by atoms with van der Waals surface area (Å²) in [4.78, 5) is 21.4. The van der Waals surface area contributed by atoms with E-state index in [9.17, 15) is 9.59 Å². The van der Waals surface area contributed by atoms with Crippen LogP contribution in [0.15, 0.2) is 0 Å². The van der Waals surface area contributed by atoms with Crippen molar-refractivity contribution in [1.82, 2.24) is 0 Å². The van der Waals surface area contributed by atoms with E-state index < -0.39 is 10.8 Å². The van der Waals surface area contributed by atoms with E-state index in [1.54, 1.807) is 6.92 Å². The number of carbonyl (C=O) groups excluding carboxylic acids is 2. The summed E-state index contributed by atoms with van der Waals surface area (Å²) in [6.07, 6.45) is 2.44. The smallest absolute Gasteiger partial charge is 0.334 e. The first-order valence-electron chi connectivity index (χ1n) is 4.50. The average molecular weight is 205 g/mol. The molecule has 1 aliphatic rings. The molecule has 0 aromatic heterocycles. The first kappa shape index (κ1) is 10.5. The molecule has 0 saturated heterocycles. The first-order chi connectivity index (χ1) is 6.11. The minimum absolute atomic E-state index is 0.195. The SMILES string of the molecule is CCOC(=O)C1(Cl)CCCCC1=O. The van der Waals surface area contributed by atoms with Gasteiger partial charge in [-0.3, -0.25) is 4.79 Å². The van der Waals surface area contributed by atoms with Gasteiger partial charge in [0.05, 0.1) is 6.61 Å². The summed E-state index contributed by atoms with van der Waals surface area (Å²) in [7, 11) is 0. The lowest BCUT2D eigenvalue weighted by Crippen LogP contribution is -2.44. The molecule has 0 amide bonds. The van der Waals surface area contributed by atoms with Gasteiger partial charge in [-0.05, 0) is 19.8 Å². The third kappa shape index (κ3) is 2.02. The molecule has 1 unspecified atom stereocenters. The number of hydrogen-bond acceptors (Lipinski definition) is 3. The van der Waals surface area contributed by atoms with Gasteiger partial charge in [-0.15, -0.1) is 0 Å². The van der Waals surface area contributed by atoms with Crippen LogP contribution < -0.4 is 0 Å². The molecule has 0 spiro atoms. The maximum Gasteiger partial charge on any atom is 0.334 e. The zero-order chi connectivity index (χ0) is 9.90. The van der Waals surface area contributed by atoms with Gasteiger partial charge < -0.3 is 4.74 Å². The van der Waals surface area contributed by atoms with Gasteiger partial charge in [0.15, 0.2) is 10.7 Å². The van der Waals surface area contributed by atoms with Gasteiger partial charge in [0, 0.05) is 6.42 Å². The largest absolute Gasteiger partial charge is 0.464 e. The fraction of sp³-hybridized carbons (Fsp3) is 0.778. The fourth-order valence-corrected chi connectivity index (χ4v) is 1.74. The second-order valence-electron chi connectivity index (χ2n) is 3.15. The molecule has 0 aliphatic heterocycles. The van der Waals surface area contributed by atoms with E-state index in [0.29, 0.717) is 12.8 Å². The third-order valence-electron chi connectivity index (χ3n) is 2.22. The number of Topliss-reactive ketones (excluding diaryl/α,β-unsaturated/α-hetero) is 1. The van der Waals surface area contributed by atoms with Crippen molar-refractivity contribution in [2.24, 2.45) is 0 Å². The van der Waals surface area contributed by atoms with Crippen LogP contribution in [0.4, 0.5) is 0 Å². The van der Waals surface area contributed by atoms with E-state index >= 15 is 0 Å². The quantitative estimate of drug-likeness (QED) is 0.391. The summed E-state index contributed by atoms with van der Waals surface area (Å²) < 4.78 is 4.76. The molecule has 3 nitrogen and oxygen atoms in total. The van der Waals surface area contributed by atoms with Crippen molar-refractivity contribution in [3.63, 3.8) is 0 Å². The number of carbonyl (C=O) groups is 2. The summed E-state index contributed by atoms with van der Waals surface area (Å²) in [5.74, 6) is -0.778. The molecule has 0 aromatic rings. The van der Waals surface area contributed by atoms with Gasteiger partial charge >= 0.3 is 5.97 Å². The summed E-state index contributed by atoms with van der Waals surface area (Å²) >= 11 is 5.93. The highest BCUT2D eigenvalue weighted by atomic mass is 35.5. The van der Waals surface area contributed by atoms with Gasteiger partial charge in [0.1, 0.15) is 0 Å². The fourth-order valence-electron chi connectivity index (χ4n) is 1.45. The lowest BCUT2D eigenvalue weighted by Gasteiger charge is -2.26. The van der Waals surface area contributed by atoms with E-state index in [1.807, 2.05) is 0 Å². The topological polar surface area (TPSA) is 43.4 Å². The second kappa shape index (κ2) is 4.09. The van der Waals surface area contributed by atoms with Crippen LogP contribution in [0.5, 0.6) is 0 Å². The molecular weight excluding hydrogens is 192 g/mol. The standard InChI is InChI=1S/C9H13ClO3/c1-2-13-8(12)9(10)6-4-3-5-7(9)11/h2-6H2,1H3. The Bertz CT molecular complexity index is 227. The van der Waals surface area contributed by atoms with Gasteiger partial charge in [-0.25, -0.2) is 4.79 Å². The Morgan fingerprint density at radius 3 is 2.85 bits per heavy atom. The number of ether oxygens (including phenoxy) is 1. The maximum absolute atomic E-state index is 11.4. The minimum Gasteiger partial charge on any atom is -0.464 e. The second-order valence-corrected chi connectivity index (χ2v) is 3.80. The van der Waals surface area contributed by atoms with Crippen LogP contribution in [0, 0.1) is 0 Å². The third-order valence-corrected chi connectivity index (χ3v) is 2.77. The molecule has 74 valence electrons. The highest BCUT2D eigenvalue weighted by Gasteiger charge is 2.46. The molecule has 0 aromatic carbocycles. The Labute approximate surface area is 82.4 Å². The summed E-state index contributed by atoms with van der Waals surface area (Å²) in [5.41, 5.74) is 0. The van der Waals surface area contributed by atoms with Crippen molar-refractivity contribution in [3.05, 3.63) is 0 Å². The molecule has 1 rings (SSSR count). The maximum atomic E-state index is 11.4. The normalized spacial score (nSPS) is 28.6. The summed E-state index contributed by atoms with van der Waals surface area (Å²) in [6.45, 7) is 1.96. The Kier molecular flexibility index (Phi) is 3.31. The van der Waals surface area contributed by atoms with Gasteiger partial charge in [0.25, 0.3) is 0 Å². The minimum atomic E-state index is -1.38. The summed E-state index contributed by atoms with van der Waals surface area (Å²) in [5, 5.41) is 0. The number of rotatable bonds is 2. The van der Waals surface area contributed by atoms with Crippen LogP contribution in [-0.2, 0) is 14.3 Å². The molecule has 0 bridgehead atoms. The zero-order valence-electron chi connectivity index (χ0n) is 7.64. The van der Waals surface area contributed by atoms with Crippen molar-refractivity contribution in [3.8, 4) is 0 Å². The Morgan fingerprint density at radius 2 is 2.31 bits per heavy atom. The molecule has 4 heteroatoms. The van der Waals surface area contributed by atoms with Gasteiger partial charge in [0.2, 0.25) is 0 Å². The summed E-state index contributed by atoms with van der Waals surface area (Å²) in [6, 6.07) is 0. The molecular formula is C9H13ClO3. The first-order valence-corrected chi connectivity index (χ1v) is 4.88. The van der Waals surface area contributed by atoms with Gasteiger partial charge in [-0.1, -0.05) is 18.0 Å². The van der Waals surface area contributed by atoms with E-state index in [1.165, 1.54) is 0 Å². The van der Waals surface area contributed by atoms with Crippen LogP contribution >= 0.6 is 11.6 Å². The van der Waals surface area contributed by atoms with Crippen LogP contribution in [0.25, 0.3) is 0 Å². The number of esters is 1. The number of alkyl halides is 1. The Balaban J connectivity index is 2.71. The van der Waals surface area contributed by atoms with Crippen LogP contribution in [0.3, 0.4) is 0 Å². The predicted octanol–water partition coefficient (Wildman–Crippen LogP) is 1.67. The zero-order valence-corrected chi connectivity index (χ0v) is 8.39. The Hall–Kier alpha value is -0.570. The van der Waals surface area contributed by atoms with Crippen LogP contribution in [0.1, 0.15) is 32.6 Å². The van der Waals surface area contributed by atoms with Crippen LogP contribution in [-0.4, -0.2) is 23.2 Å².